The molecule has 0 aliphatic rings. The van der Waals surface area contributed by atoms with Crippen molar-refractivity contribution >= 4 is 0 Å². The van der Waals surface area contributed by atoms with Crippen LogP contribution in [0.4, 0.5) is 0 Å². The van der Waals surface area contributed by atoms with Gasteiger partial charge < -0.3 is 32.1 Å². The van der Waals surface area contributed by atoms with E-state index in [2.05, 4.69) is 0 Å². The van der Waals surface area contributed by atoms with E-state index in [9.17, 15) is 0 Å². The Balaban J connectivity index is -0.0000000192. The van der Waals surface area contributed by atoms with Crippen molar-refractivity contribution in [2.75, 3.05) is 0 Å². The van der Waals surface area contributed by atoms with Gasteiger partial charge in [0.25, 0.3) is 0 Å². The van der Waals surface area contributed by atoms with Crippen LogP contribution in [0.2, 0.25) is 0 Å². The van der Waals surface area contributed by atoms with Crippen LogP contribution in [0.15, 0.2) is 0 Å². The summed E-state index contributed by atoms with van der Waals surface area (Å²) in [4.78, 5) is 0. The zero-order valence-corrected chi connectivity index (χ0v) is 16.5. The van der Waals surface area contributed by atoms with Crippen LogP contribution in [-0.2, 0) is 22.4 Å². The molecule has 0 rings (SSSR count). The first kappa shape index (κ1) is 36.0. The molecule has 0 amide bonds. The van der Waals surface area contributed by atoms with Gasteiger partial charge in [0.05, 0.1) is 0 Å². The van der Waals surface area contributed by atoms with Gasteiger partial charge in [-0.1, -0.05) is 0 Å². The first-order valence-electron chi connectivity index (χ1n) is 5.77. The van der Waals surface area contributed by atoms with Crippen molar-refractivity contribution < 1.29 is 22.4 Å². The average molecular weight is 396 g/mol. The second kappa shape index (κ2) is 104. The molecule has 0 aliphatic heterocycles. The summed E-state index contributed by atoms with van der Waals surface area (Å²) in [7, 11) is 0. The second-order valence-corrected chi connectivity index (χ2v) is 2.89. The van der Waals surface area contributed by atoms with Crippen LogP contribution in [0.5, 0.6) is 0 Å². The molecule has 0 bridgehead atoms. The van der Waals surface area contributed by atoms with Crippen molar-refractivity contribution in [1.29, 1.82) is 0 Å². The molecule has 0 aliphatic carbocycles. The summed E-state index contributed by atoms with van der Waals surface area (Å²) in [6.07, 6.45) is 10.0. The summed E-state index contributed by atoms with van der Waals surface area (Å²) in [6.45, 7) is 20.0. The minimum Gasteiger partial charge on any atom is -0.335 e. The Hall–Kier alpha value is 0.740. The summed E-state index contributed by atoms with van der Waals surface area (Å²) in [5.74, 6) is 0. The maximum atomic E-state index is 2.00. The van der Waals surface area contributed by atoms with E-state index in [-0.39, 0.29) is 22.4 Å². The SMILES string of the molecule is C[CH-]C.C[CH-]C.C[CH-]C.C[CH-]C.C[CH-]C.[Ta+5]. The van der Waals surface area contributed by atoms with Crippen molar-refractivity contribution in [2.45, 2.75) is 69.2 Å². The first-order chi connectivity index (χ1) is 7.07. The molecular weight excluding hydrogens is 361 g/mol. The Bertz CT molecular complexity index is 17.0. The topological polar surface area (TPSA) is 0 Å². The molecule has 0 unspecified atom stereocenters. The van der Waals surface area contributed by atoms with E-state index in [1.54, 1.807) is 0 Å². The third-order valence-electron chi connectivity index (χ3n) is 0. The van der Waals surface area contributed by atoms with Gasteiger partial charge in [0.2, 0.25) is 0 Å². The van der Waals surface area contributed by atoms with Crippen LogP contribution in [0, 0.1) is 32.1 Å². The molecule has 0 nitrogen and oxygen atoms in total. The molecule has 0 saturated heterocycles. The molecule has 100 valence electrons. The number of rotatable bonds is 0. The zero-order valence-electron chi connectivity index (χ0n) is 13.3. The van der Waals surface area contributed by atoms with Gasteiger partial charge in [0.1, 0.15) is 0 Å². The Morgan fingerprint density at radius 2 is 0.312 bits per heavy atom. The van der Waals surface area contributed by atoms with Crippen molar-refractivity contribution in [1.82, 2.24) is 0 Å². The van der Waals surface area contributed by atoms with Gasteiger partial charge in [-0.2, -0.15) is 69.2 Å². The predicted octanol–water partition coefficient (Wildman–Crippen LogP) is 6.15. The largest absolute Gasteiger partial charge is 5.00 e. The van der Waals surface area contributed by atoms with Gasteiger partial charge in [-0.25, -0.2) is 0 Å². The van der Waals surface area contributed by atoms with Crippen LogP contribution < -0.4 is 0 Å². The standard InChI is InChI=1S/5C3H7.Ta/c5*1-3-2;/h5*3H,1-2H3;/q5*-1;+5. The van der Waals surface area contributed by atoms with E-state index in [1.807, 2.05) is 101 Å². The fourth-order valence-electron chi connectivity index (χ4n) is 0. The fourth-order valence-corrected chi connectivity index (χ4v) is 0. The van der Waals surface area contributed by atoms with Gasteiger partial charge >= 0.3 is 22.4 Å². The van der Waals surface area contributed by atoms with Gasteiger partial charge in [0, 0.05) is 0 Å². The first-order valence-corrected chi connectivity index (χ1v) is 5.77. The molecule has 0 spiro atoms. The number of hydrogen-bond donors (Lipinski definition) is 0. The van der Waals surface area contributed by atoms with Gasteiger partial charge in [-0.15, -0.1) is 0 Å². The Morgan fingerprint density at radius 1 is 0.312 bits per heavy atom. The maximum Gasteiger partial charge on any atom is 5.00 e. The molecular formula is C15H35Ta. The predicted molar refractivity (Wildman–Crippen MR) is 78.2 cm³/mol. The minimum atomic E-state index is 0. The van der Waals surface area contributed by atoms with E-state index in [1.165, 1.54) is 0 Å². The normalized spacial score (nSPS) is 5.62. The molecule has 0 saturated carbocycles. The molecule has 0 aromatic rings. The van der Waals surface area contributed by atoms with Crippen LogP contribution in [0.1, 0.15) is 69.2 Å². The summed E-state index contributed by atoms with van der Waals surface area (Å²) in [6, 6.07) is 0. The van der Waals surface area contributed by atoms with Crippen molar-refractivity contribution in [3.05, 3.63) is 32.1 Å². The Labute approximate surface area is 124 Å². The Morgan fingerprint density at radius 3 is 0.312 bits per heavy atom. The second-order valence-electron chi connectivity index (χ2n) is 2.89. The van der Waals surface area contributed by atoms with E-state index >= 15 is 0 Å². The van der Waals surface area contributed by atoms with Gasteiger partial charge in [0.15, 0.2) is 0 Å². The monoisotopic (exact) mass is 396 g/mol. The molecule has 0 heterocycles. The van der Waals surface area contributed by atoms with E-state index in [4.69, 9.17) is 0 Å². The van der Waals surface area contributed by atoms with Crippen molar-refractivity contribution in [2.24, 2.45) is 0 Å². The van der Waals surface area contributed by atoms with Gasteiger partial charge in [-0.3, -0.25) is 0 Å². The molecule has 1 heteroatoms. The van der Waals surface area contributed by atoms with Crippen LogP contribution >= 0.6 is 0 Å². The third kappa shape index (κ3) is 5080. The smallest absolute Gasteiger partial charge is 0.335 e. The zero-order chi connectivity index (χ0) is 13.5. The van der Waals surface area contributed by atoms with Crippen LogP contribution in [-0.4, -0.2) is 0 Å². The molecule has 0 atom stereocenters. The van der Waals surface area contributed by atoms with Crippen molar-refractivity contribution in [3.8, 4) is 0 Å². The average Bonchev–Trinajstić information content (AvgIpc) is 2.09. The third-order valence-corrected chi connectivity index (χ3v) is 0. The molecule has 0 radical (unpaired) electrons. The maximum absolute atomic E-state index is 2.00. The van der Waals surface area contributed by atoms with E-state index in [0.717, 1.165) is 0 Å². The molecule has 0 fully saturated rings. The number of hydrogen-bond acceptors (Lipinski definition) is 0. The van der Waals surface area contributed by atoms with E-state index in [0.29, 0.717) is 0 Å². The van der Waals surface area contributed by atoms with Crippen LogP contribution in [0.25, 0.3) is 0 Å². The summed E-state index contributed by atoms with van der Waals surface area (Å²) < 4.78 is 0. The summed E-state index contributed by atoms with van der Waals surface area (Å²) in [5, 5.41) is 0. The summed E-state index contributed by atoms with van der Waals surface area (Å²) in [5.41, 5.74) is 0. The Kier molecular flexibility index (Phi) is 233. The summed E-state index contributed by atoms with van der Waals surface area (Å²) >= 11 is 0. The van der Waals surface area contributed by atoms with Gasteiger partial charge in [-0.05, 0) is 0 Å². The van der Waals surface area contributed by atoms with Crippen molar-refractivity contribution in [3.63, 3.8) is 0 Å². The molecule has 0 N–H and O–H groups in total. The minimum absolute atomic E-state index is 0. The fraction of sp³-hybridized carbons (Fsp3) is 0.667. The van der Waals surface area contributed by atoms with E-state index < -0.39 is 0 Å². The molecule has 0 aromatic heterocycles. The quantitative estimate of drug-likeness (QED) is 0.431. The molecule has 16 heavy (non-hydrogen) atoms. The molecule has 0 aromatic carbocycles. The van der Waals surface area contributed by atoms with Crippen LogP contribution in [0.3, 0.4) is 0 Å².